The van der Waals surface area contributed by atoms with Crippen molar-refractivity contribution in [3.63, 3.8) is 0 Å². The number of aliphatic carboxylic acids is 1. The minimum Gasteiger partial charge on any atom is -0.480 e. The van der Waals surface area contributed by atoms with Crippen LogP contribution in [0.1, 0.15) is 6.42 Å². The van der Waals surface area contributed by atoms with E-state index in [2.05, 4.69) is 21.5 Å². The van der Waals surface area contributed by atoms with Gasteiger partial charge >= 0.3 is 12.0 Å². The monoisotopic (exact) mass is 250 g/mol. The highest BCUT2D eigenvalue weighted by atomic mass is 16.4. The quantitative estimate of drug-likeness (QED) is 0.602. The van der Waals surface area contributed by atoms with Crippen LogP contribution in [0, 0.1) is 12.3 Å². The van der Waals surface area contributed by atoms with Crippen molar-refractivity contribution in [2.45, 2.75) is 19.0 Å². The Kier molecular flexibility index (Phi) is 5.25. The molecule has 1 heterocycles. The number of rotatable bonds is 6. The van der Waals surface area contributed by atoms with E-state index in [1.165, 1.54) is 0 Å². The van der Waals surface area contributed by atoms with E-state index < -0.39 is 18.0 Å². The van der Waals surface area contributed by atoms with Gasteiger partial charge in [-0.25, -0.2) is 14.6 Å². The number of hydrogen-bond donors (Lipinski definition) is 3. The number of imidazole rings is 1. The van der Waals surface area contributed by atoms with Crippen LogP contribution < -0.4 is 10.6 Å². The van der Waals surface area contributed by atoms with Crippen molar-refractivity contribution >= 4 is 12.0 Å². The maximum atomic E-state index is 11.4. The number of carbonyl (C=O) groups is 2. The van der Waals surface area contributed by atoms with Crippen LogP contribution in [-0.4, -0.2) is 39.2 Å². The van der Waals surface area contributed by atoms with Crippen LogP contribution in [0.2, 0.25) is 0 Å². The van der Waals surface area contributed by atoms with Crippen molar-refractivity contribution in [3.05, 3.63) is 18.7 Å². The highest BCUT2D eigenvalue weighted by Gasteiger charge is 2.18. The predicted molar refractivity (Wildman–Crippen MR) is 63.6 cm³/mol. The molecule has 18 heavy (non-hydrogen) atoms. The molecule has 0 aliphatic heterocycles. The van der Waals surface area contributed by atoms with E-state index in [1.54, 1.807) is 23.3 Å². The number of carboxylic acid groups (broad SMARTS) is 1. The first-order valence-corrected chi connectivity index (χ1v) is 5.30. The zero-order chi connectivity index (χ0) is 13.4. The Morgan fingerprint density at radius 2 is 2.33 bits per heavy atom. The number of urea groups is 1. The van der Waals surface area contributed by atoms with Gasteiger partial charge in [0.25, 0.3) is 0 Å². The van der Waals surface area contributed by atoms with Gasteiger partial charge < -0.3 is 20.3 Å². The number of nitrogens with one attached hydrogen (secondary N) is 2. The second-order valence-corrected chi connectivity index (χ2v) is 3.50. The van der Waals surface area contributed by atoms with Crippen LogP contribution in [0.4, 0.5) is 4.79 Å². The largest absolute Gasteiger partial charge is 0.480 e. The summed E-state index contributed by atoms with van der Waals surface area (Å²) in [5.74, 6) is 1.04. The molecule has 7 nitrogen and oxygen atoms in total. The van der Waals surface area contributed by atoms with Gasteiger partial charge in [-0.1, -0.05) is 0 Å². The van der Waals surface area contributed by atoms with Crippen LogP contribution in [0.5, 0.6) is 0 Å². The number of terminal acetylenes is 1. The Balaban J connectivity index is 2.28. The fourth-order valence-corrected chi connectivity index (χ4v) is 1.24. The Morgan fingerprint density at radius 1 is 1.56 bits per heavy atom. The molecule has 0 saturated heterocycles. The van der Waals surface area contributed by atoms with Crippen molar-refractivity contribution in [2.24, 2.45) is 0 Å². The summed E-state index contributed by atoms with van der Waals surface area (Å²) in [7, 11) is 0. The molecule has 0 saturated carbocycles. The number of carboxylic acids is 1. The van der Waals surface area contributed by atoms with Crippen LogP contribution >= 0.6 is 0 Å². The van der Waals surface area contributed by atoms with E-state index in [1.807, 2.05) is 0 Å². The fraction of sp³-hybridized carbons (Fsp3) is 0.364. The molecule has 1 atom stereocenters. The fourth-order valence-electron chi connectivity index (χ4n) is 1.24. The van der Waals surface area contributed by atoms with Crippen molar-refractivity contribution in [1.29, 1.82) is 0 Å². The molecule has 2 amide bonds. The number of nitrogens with zero attached hydrogens (tertiary/aromatic N) is 2. The Hall–Kier alpha value is -2.49. The third-order valence-corrected chi connectivity index (χ3v) is 2.14. The van der Waals surface area contributed by atoms with Gasteiger partial charge in [0.1, 0.15) is 6.04 Å². The first-order valence-electron chi connectivity index (χ1n) is 5.30. The molecule has 3 N–H and O–H groups in total. The summed E-state index contributed by atoms with van der Waals surface area (Å²) in [5, 5.41) is 13.6. The summed E-state index contributed by atoms with van der Waals surface area (Å²) in [5.41, 5.74) is 0. The lowest BCUT2D eigenvalue weighted by Crippen LogP contribution is -2.46. The molecule has 0 bridgehead atoms. The molecule has 0 aliphatic rings. The highest BCUT2D eigenvalue weighted by Crippen LogP contribution is 1.90. The minimum absolute atomic E-state index is 0.0513. The molecule has 1 unspecified atom stereocenters. The van der Waals surface area contributed by atoms with E-state index in [9.17, 15) is 9.59 Å². The van der Waals surface area contributed by atoms with E-state index in [4.69, 9.17) is 11.5 Å². The lowest BCUT2D eigenvalue weighted by molar-refractivity contribution is -0.139. The molecule has 1 aromatic rings. The zero-order valence-corrected chi connectivity index (χ0v) is 9.67. The Morgan fingerprint density at radius 3 is 2.89 bits per heavy atom. The van der Waals surface area contributed by atoms with Crippen molar-refractivity contribution in [2.75, 3.05) is 6.54 Å². The van der Waals surface area contributed by atoms with Crippen molar-refractivity contribution in [3.8, 4) is 12.3 Å². The van der Waals surface area contributed by atoms with Crippen LogP contribution in [0.15, 0.2) is 18.7 Å². The number of amides is 2. The second-order valence-electron chi connectivity index (χ2n) is 3.50. The van der Waals surface area contributed by atoms with Gasteiger partial charge in [0, 0.05) is 31.9 Å². The van der Waals surface area contributed by atoms with Crippen molar-refractivity contribution < 1.29 is 14.7 Å². The first-order chi connectivity index (χ1) is 8.63. The lowest BCUT2D eigenvalue weighted by atomic mass is 10.2. The standard InChI is InChI=1S/C11H14N4O3/c1-2-3-9(10(16)17)14-11(18)13-5-7-15-6-4-12-8-15/h1,4,6,8-9H,3,5,7H2,(H,16,17)(H2,13,14,18). The molecule has 96 valence electrons. The van der Waals surface area contributed by atoms with Gasteiger partial charge in [-0.15, -0.1) is 12.3 Å². The van der Waals surface area contributed by atoms with E-state index in [0.717, 1.165) is 0 Å². The van der Waals surface area contributed by atoms with Gasteiger partial charge in [0.2, 0.25) is 0 Å². The van der Waals surface area contributed by atoms with Gasteiger partial charge in [0.05, 0.1) is 6.33 Å². The molecular weight excluding hydrogens is 236 g/mol. The predicted octanol–water partition coefficient (Wildman–Crippen LogP) is -0.341. The summed E-state index contributed by atoms with van der Waals surface area (Å²) in [4.78, 5) is 26.0. The third kappa shape index (κ3) is 4.57. The average molecular weight is 250 g/mol. The van der Waals surface area contributed by atoms with Gasteiger partial charge in [-0.2, -0.15) is 0 Å². The van der Waals surface area contributed by atoms with E-state index in [-0.39, 0.29) is 6.42 Å². The summed E-state index contributed by atoms with van der Waals surface area (Å²) in [6.45, 7) is 0.922. The van der Waals surface area contributed by atoms with E-state index >= 15 is 0 Å². The topological polar surface area (TPSA) is 96.3 Å². The van der Waals surface area contributed by atoms with Crippen LogP contribution in [0.3, 0.4) is 0 Å². The lowest BCUT2D eigenvalue weighted by Gasteiger charge is -2.12. The Bertz CT molecular complexity index is 436. The molecule has 0 aromatic carbocycles. The third-order valence-electron chi connectivity index (χ3n) is 2.14. The molecule has 0 spiro atoms. The molecule has 1 rings (SSSR count). The average Bonchev–Trinajstić information content (AvgIpc) is 2.81. The molecule has 7 heteroatoms. The Labute approximate surface area is 104 Å². The van der Waals surface area contributed by atoms with E-state index in [0.29, 0.717) is 13.1 Å². The second kappa shape index (κ2) is 6.96. The number of hydrogen-bond acceptors (Lipinski definition) is 3. The smallest absolute Gasteiger partial charge is 0.327 e. The summed E-state index contributed by atoms with van der Waals surface area (Å²) < 4.78 is 1.79. The zero-order valence-electron chi connectivity index (χ0n) is 9.67. The highest BCUT2D eigenvalue weighted by molar-refractivity contribution is 5.82. The molecule has 0 aliphatic carbocycles. The SMILES string of the molecule is C#CCC(NC(=O)NCCn1ccnc1)C(=O)O. The van der Waals surface area contributed by atoms with Gasteiger partial charge in [-0.05, 0) is 0 Å². The van der Waals surface area contributed by atoms with Crippen molar-refractivity contribution in [1.82, 2.24) is 20.2 Å². The summed E-state index contributed by atoms with van der Waals surface area (Å²) in [6.07, 6.45) is 9.98. The molecule has 1 aromatic heterocycles. The van der Waals surface area contributed by atoms with Crippen LogP contribution in [0.25, 0.3) is 0 Å². The number of carbonyl (C=O) groups excluding carboxylic acids is 1. The maximum absolute atomic E-state index is 11.4. The normalized spacial score (nSPS) is 11.3. The summed E-state index contributed by atoms with van der Waals surface area (Å²) in [6, 6.07) is -1.62. The maximum Gasteiger partial charge on any atom is 0.327 e. The summed E-state index contributed by atoms with van der Waals surface area (Å²) >= 11 is 0. The van der Waals surface area contributed by atoms with Gasteiger partial charge in [0.15, 0.2) is 0 Å². The first kappa shape index (κ1) is 13.6. The molecule has 0 fully saturated rings. The van der Waals surface area contributed by atoms with Crippen LogP contribution in [-0.2, 0) is 11.3 Å². The molecule has 0 radical (unpaired) electrons. The van der Waals surface area contributed by atoms with Gasteiger partial charge in [-0.3, -0.25) is 0 Å². The molecular formula is C11H14N4O3. The minimum atomic E-state index is -1.15. The number of aromatic nitrogens is 2.